The smallest absolute Gasteiger partial charge is 0.273 e. The van der Waals surface area contributed by atoms with Gasteiger partial charge < -0.3 is 15.0 Å². The molecule has 2 aliphatic heterocycles. The van der Waals surface area contributed by atoms with Crippen LogP contribution in [-0.4, -0.2) is 62.7 Å². The third-order valence-electron chi connectivity index (χ3n) is 7.92. The normalized spacial score (nSPS) is 16.0. The van der Waals surface area contributed by atoms with Crippen LogP contribution < -0.4 is 14.8 Å². The van der Waals surface area contributed by atoms with E-state index in [0.29, 0.717) is 36.2 Å². The predicted octanol–water partition coefficient (Wildman–Crippen LogP) is 4.79. The quantitative estimate of drug-likeness (QED) is 0.177. The lowest BCUT2D eigenvalue weighted by Gasteiger charge is -2.28. The zero-order chi connectivity index (χ0) is 28.7. The van der Waals surface area contributed by atoms with Gasteiger partial charge in [0.2, 0.25) is 10.5 Å². The number of ether oxygens (including phenoxy) is 1. The molecule has 1 unspecified atom stereocenters. The van der Waals surface area contributed by atoms with Crippen molar-refractivity contribution in [1.29, 1.82) is 0 Å². The van der Waals surface area contributed by atoms with Gasteiger partial charge in [-0.2, -0.15) is 4.57 Å². The second-order valence-electron chi connectivity index (χ2n) is 10.6. The van der Waals surface area contributed by atoms with Crippen molar-refractivity contribution in [2.45, 2.75) is 30.5 Å². The Morgan fingerprint density at radius 2 is 1.83 bits per heavy atom. The molecule has 3 aromatic carbocycles. The number of fused-ring (bicyclic) bond motifs is 3. The van der Waals surface area contributed by atoms with Gasteiger partial charge in [-0.1, -0.05) is 12.1 Å². The van der Waals surface area contributed by atoms with E-state index in [1.165, 1.54) is 4.90 Å². The lowest BCUT2D eigenvalue weighted by Crippen LogP contribution is -2.41. The first kappa shape index (κ1) is 27.2. The van der Waals surface area contributed by atoms with Gasteiger partial charge in [0.25, 0.3) is 23.9 Å². The third kappa shape index (κ3) is 4.83. The number of unbranched alkanes of at least 4 members (excludes halogenated alkanes) is 2. The summed E-state index contributed by atoms with van der Waals surface area (Å²) >= 11 is 1.77. The summed E-state index contributed by atoms with van der Waals surface area (Å²) in [6.07, 6.45) is 2.20. The SMILES string of the molecule is COC1CSc2ccc3cc(C(=O)NCCCCCN4C(=O)c5cccc6c(N(C)C)ccc(c56)C4=O)ccc3[n+]21. The summed E-state index contributed by atoms with van der Waals surface area (Å²) in [7, 11) is 5.62. The van der Waals surface area contributed by atoms with Crippen molar-refractivity contribution in [1.82, 2.24) is 10.2 Å². The number of rotatable bonds is 9. The highest BCUT2D eigenvalue weighted by atomic mass is 32.2. The molecule has 0 aliphatic carbocycles. The van der Waals surface area contributed by atoms with Crippen molar-refractivity contribution in [2.24, 2.45) is 0 Å². The Bertz CT molecular complexity index is 1680. The second kappa shape index (κ2) is 11.1. The summed E-state index contributed by atoms with van der Waals surface area (Å²) in [6.45, 7) is 0.875. The molecule has 0 bridgehead atoms. The number of carbonyl (C=O) groups excluding carboxylic acids is 3. The Morgan fingerprint density at radius 1 is 1.02 bits per heavy atom. The minimum atomic E-state index is -0.243. The van der Waals surface area contributed by atoms with Crippen LogP contribution in [0.4, 0.5) is 5.69 Å². The highest BCUT2D eigenvalue weighted by molar-refractivity contribution is 7.99. The highest BCUT2D eigenvalue weighted by Gasteiger charge is 2.34. The first-order valence-electron chi connectivity index (χ1n) is 13.9. The van der Waals surface area contributed by atoms with Gasteiger partial charge in [-0.15, -0.1) is 0 Å². The molecule has 2 aliphatic rings. The molecule has 0 radical (unpaired) electrons. The van der Waals surface area contributed by atoms with Crippen LogP contribution in [-0.2, 0) is 4.74 Å². The maximum absolute atomic E-state index is 13.3. The minimum Gasteiger partial charge on any atom is -0.377 e. The highest BCUT2D eigenvalue weighted by Crippen LogP contribution is 2.35. The van der Waals surface area contributed by atoms with Crippen molar-refractivity contribution in [3.63, 3.8) is 0 Å². The Morgan fingerprint density at radius 3 is 2.61 bits per heavy atom. The number of benzene rings is 3. The number of hydrogen-bond donors (Lipinski definition) is 1. The van der Waals surface area contributed by atoms with Gasteiger partial charge in [-0.25, -0.2) is 0 Å². The van der Waals surface area contributed by atoms with Gasteiger partial charge in [0.05, 0.1) is 5.75 Å². The molecule has 0 spiro atoms. The van der Waals surface area contributed by atoms with Gasteiger partial charge in [-0.05, 0) is 67.4 Å². The molecule has 0 saturated heterocycles. The molecule has 0 saturated carbocycles. The standard InChI is InChI=1S/C32H32N4O4S/c1-34(2)26-14-12-24-29-22(26)8-7-9-23(29)31(38)35(32(24)39)17-6-4-5-16-33-30(37)21-10-13-25-20(18-21)11-15-28-36(25)27(40-3)19-41-28/h7-15,18,27H,4-6,16-17,19H2,1-3H3/p+1. The lowest BCUT2D eigenvalue weighted by molar-refractivity contribution is -0.759. The largest absolute Gasteiger partial charge is 0.377 e. The Kier molecular flexibility index (Phi) is 7.40. The molecule has 9 heteroatoms. The molecule has 1 aromatic heterocycles. The van der Waals surface area contributed by atoms with E-state index in [0.717, 1.165) is 51.0 Å². The van der Waals surface area contributed by atoms with Crippen molar-refractivity contribution < 1.29 is 23.7 Å². The summed E-state index contributed by atoms with van der Waals surface area (Å²) < 4.78 is 7.80. The first-order valence-corrected chi connectivity index (χ1v) is 14.9. The maximum atomic E-state index is 13.3. The van der Waals surface area contributed by atoms with Gasteiger partial charge in [0.1, 0.15) is 0 Å². The number of anilines is 1. The van der Waals surface area contributed by atoms with E-state index in [2.05, 4.69) is 16.0 Å². The molecule has 3 amide bonds. The van der Waals surface area contributed by atoms with E-state index < -0.39 is 0 Å². The number of carbonyl (C=O) groups is 3. The van der Waals surface area contributed by atoms with Crippen LogP contribution in [0.25, 0.3) is 21.7 Å². The van der Waals surface area contributed by atoms with E-state index in [4.69, 9.17) is 4.74 Å². The number of amides is 3. The molecule has 1 N–H and O–H groups in total. The van der Waals surface area contributed by atoms with Crippen LogP contribution in [0, 0.1) is 0 Å². The van der Waals surface area contributed by atoms with Crippen molar-refractivity contribution in [3.05, 3.63) is 77.4 Å². The summed E-state index contributed by atoms with van der Waals surface area (Å²) in [5.74, 6) is 0.276. The predicted molar refractivity (Wildman–Crippen MR) is 161 cm³/mol. The fourth-order valence-corrected chi connectivity index (χ4v) is 6.95. The second-order valence-corrected chi connectivity index (χ2v) is 11.7. The van der Waals surface area contributed by atoms with Crippen LogP contribution in [0.1, 0.15) is 56.6 Å². The fraction of sp³-hybridized carbons (Fsp3) is 0.312. The summed E-state index contributed by atoms with van der Waals surface area (Å²) in [4.78, 5) is 42.7. The number of nitrogens with zero attached hydrogens (tertiary/aromatic N) is 3. The summed E-state index contributed by atoms with van der Waals surface area (Å²) in [6, 6.07) is 19.3. The number of imide groups is 1. The molecule has 8 nitrogen and oxygen atoms in total. The molecular formula is C32H33N4O4S+. The van der Waals surface area contributed by atoms with E-state index >= 15 is 0 Å². The summed E-state index contributed by atoms with van der Waals surface area (Å²) in [5.41, 5.74) is 3.79. The average Bonchev–Trinajstić information content (AvgIpc) is 3.42. The maximum Gasteiger partial charge on any atom is 0.273 e. The molecule has 4 aromatic rings. The molecule has 0 fully saturated rings. The van der Waals surface area contributed by atoms with E-state index in [-0.39, 0.29) is 23.9 Å². The van der Waals surface area contributed by atoms with E-state index in [1.54, 1.807) is 24.9 Å². The minimum absolute atomic E-state index is 0.00623. The molecule has 1 atom stereocenters. The number of thioether (sulfide) groups is 1. The van der Waals surface area contributed by atoms with Gasteiger partial charge in [0, 0.05) is 85.0 Å². The van der Waals surface area contributed by atoms with Crippen molar-refractivity contribution in [2.75, 3.05) is 44.9 Å². The molecule has 6 rings (SSSR count). The first-order chi connectivity index (χ1) is 19.9. The zero-order valence-corrected chi connectivity index (χ0v) is 24.3. The Balaban J connectivity index is 1.03. The fourth-order valence-electron chi connectivity index (χ4n) is 5.83. The van der Waals surface area contributed by atoms with E-state index in [1.807, 2.05) is 67.5 Å². The Labute approximate surface area is 243 Å². The van der Waals surface area contributed by atoms with Crippen molar-refractivity contribution in [3.8, 4) is 0 Å². The number of methoxy groups -OCH3 is 1. The molecule has 210 valence electrons. The molecule has 41 heavy (non-hydrogen) atoms. The van der Waals surface area contributed by atoms with Crippen LogP contribution in [0.5, 0.6) is 0 Å². The van der Waals surface area contributed by atoms with Crippen LogP contribution in [0.15, 0.2) is 65.7 Å². The average molecular weight is 570 g/mol. The summed E-state index contributed by atoms with van der Waals surface area (Å²) in [5, 5.41) is 6.81. The van der Waals surface area contributed by atoms with Gasteiger partial charge in [0.15, 0.2) is 0 Å². The number of aromatic nitrogens is 1. The van der Waals surface area contributed by atoms with Crippen LogP contribution >= 0.6 is 11.8 Å². The topological polar surface area (TPSA) is 82.8 Å². The number of nitrogens with one attached hydrogen (secondary N) is 1. The third-order valence-corrected chi connectivity index (χ3v) is 9.00. The van der Waals surface area contributed by atoms with E-state index in [9.17, 15) is 14.4 Å². The molecule has 3 heterocycles. The monoisotopic (exact) mass is 569 g/mol. The van der Waals surface area contributed by atoms with Gasteiger partial charge >= 0.3 is 0 Å². The Hall–Kier alpha value is -3.95. The van der Waals surface area contributed by atoms with Crippen molar-refractivity contribution >= 4 is 56.8 Å². The molecular weight excluding hydrogens is 536 g/mol. The lowest BCUT2D eigenvalue weighted by atomic mass is 9.92. The van der Waals surface area contributed by atoms with Crippen LogP contribution in [0.3, 0.4) is 0 Å². The van der Waals surface area contributed by atoms with Crippen LogP contribution in [0.2, 0.25) is 0 Å². The zero-order valence-electron chi connectivity index (χ0n) is 23.5. The van der Waals surface area contributed by atoms with Gasteiger partial charge in [-0.3, -0.25) is 19.3 Å². The number of pyridine rings is 1. The number of hydrogen-bond acceptors (Lipinski definition) is 6.